The number of hydrogen-bond donors (Lipinski definition) is 3. The molecule has 0 atom stereocenters. The number of pyridine rings is 1. The minimum atomic E-state index is -1.12. The van der Waals surface area contributed by atoms with Crippen LogP contribution in [0.1, 0.15) is 29.4 Å². The zero-order chi connectivity index (χ0) is 26.4. The van der Waals surface area contributed by atoms with E-state index in [1.165, 1.54) is 29.1 Å². The highest BCUT2D eigenvalue weighted by Gasteiger charge is 2.14. The van der Waals surface area contributed by atoms with Crippen LogP contribution in [0.25, 0.3) is 0 Å². The maximum atomic E-state index is 13.2. The quantitative estimate of drug-likeness (QED) is 0.283. The fourth-order valence-corrected chi connectivity index (χ4v) is 3.40. The summed E-state index contributed by atoms with van der Waals surface area (Å²) in [4.78, 5) is 44.2. The van der Waals surface area contributed by atoms with E-state index in [1.807, 2.05) is 0 Å². The lowest BCUT2D eigenvalue weighted by Crippen LogP contribution is -2.28. The van der Waals surface area contributed by atoms with Crippen molar-refractivity contribution in [2.75, 3.05) is 10.6 Å². The van der Waals surface area contributed by atoms with Gasteiger partial charge in [-0.3, -0.25) is 14.2 Å². The molecule has 0 spiro atoms. The first-order chi connectivity index (χ1) is 17.8. The average Bonchev–Trinajstić information content (AvgIpc) is 2.90. The molecule has 0 aliphatic rings. The molecular formula is C26H22ClN5O5. The van der Waals surface area contributed by atoms with Crippen LogP contribution in [0, 0.1) is 0 Å². The van der Waals surface area contributed by atoms with Crippen molar-refractivity contribution in [3.8, 4) is 11.5 Å². The van der Waals surface area contributed by atoms with Crippen LogP contribution in [-0.2, 0) is 11.3 Å². The number of anilines is 3. The number of halogens is 1. The molecule has 2 aromatic heterocycles. The summed E-state index contributed by atoms with van der Waals surface area (Å²) in [5.74, 6) is -0.253. The van der Waals surface area contributed by atoms with Gasteiger partial charge in [-0.25, -0.2) is 14.8 Å². The monoisotopic (exact) mass is 519 g/mol. The summed E-state index contributed by atoms with van der Waals surface area (Å²) in [6.45, 7) is 1.89. The zero-order valence-electron chi connectivity index (χ0n) is 19.6. The van der Waals surface area contributed by atoms with Crippen molar-refractivity contribution in [2.24, 2.45) is 0 Å². The predicted octanol–water partition coefficient (Wildman–Crippen LogP) is 4.92. The fourth-order valence-electron chi connectivity index (χ4n) is 3.27. The molecule has 1 amide bonds. The second kappa shape index (κ2) is 11.4. The van der Waals surface area contributed by atoms with Crippen molar-refractivity contribution in [2.45, 2.75) is 19.9 Å². The van der Waals surface area contributed by atoms with Gasteiger partial charge < -0.3 is 20.5 Å². The van der Waals surface area contributed by atoms with Crippen LogP contribution in [0.2, 0.25) is 5.02 Å². The van der Waals surface area contributed by atoms with Gasteiger partial charge in [0.1, 0.15) is 22.9 Å². The predicted molar refractivity (Wildman–Crippen MR) is 139 cm³/mol. The summed E-state index contributed by atoms with van der Waals surface area (Å²) in [6.07, 6.45) is 2.88. The Hall–Kier alpha value is -4.70. The molecule has 0 aliphatic heterocycles. The molecule has 2 aromatic carbocycles. The number of nitrogens with zero attached hydrogens (tertiary/aromatic N) is 3. The van der Waals surface area contributed by atoms with Crippen LogP contribution in [-0.4, -0.2) is 31.5 Å². The maximum Gasteiger partial charge on any atom is 0.354 e. The molecule has 0 fully saturated rings. The number of aromatic carboxylic acids is 1. The molecule has 11 heteroatoms. The van der Waals surface area contributed by atoms with Crippen LogP contribution in [0.5, 0.6) is 11.5 Å². The lowest BCUT2D eigenvalue weighted by Gasteiger charge is -2.16. The van der Waals surface area contributed by atoms with Gasteiger partial charge in [0.25, 0.3) is 5.56 Å². The number of nitrogens with one attached hydrogen (secondary N) is 2. The molecule has 0 saturated carbocycles. The minimum Gasteiger partial charge on any atom is -0.477 e. The molecule has 10 nitrogen and oxygen atoms in total. The molecule has 2 heterocycles. The standard InChI is InChI=1S/C26H22ClN5O5/c1-2-23(33)31-22-14-29-26(32(24(22)34)15-16-3-5-17(27)6-4-16)30-18-7-9-19(10-8-18)37-20-11-12-21(25(35)36)28-13-20/h3-14H,2,15H2,1H3,(H,29,30)(H,31,33)(H,35,36). The lowest BCUT2D eigenvalue weighted by molar-refractivity contribution is -0.115. The normalized spacial score (nSPS) is 10.5. The second-order valence-electron chi connectivity index (χ2n) is 7.85. The molecule has 0 unspecified atom stereocenters. The minimum absolute atomic E-state index is 0.0793. The number of amides is 1. The second-order valence-corrected chi connectivity index (χ2v) is 8.29. The van der Waals surface area contributed by atoms with Gasteiger partial charge in [-0.2, -0.15) is 0 Å². The fraction of sp³-hybridized carbons (Fsp3) is 0.115. The SMILES string of the molecule is CCC(=O)Nc1cnc(Nc2ccc(Oc3ccc(C(=O)O)nc3)cc2)n(Cc2ccc(Cl)cc2)c1=O. The van der Waals surface area contributed by atoms with Gasteiger partial charge in [0.05, 0.1) is 18.9 Å². The average molecular weight is 520 g/mol. The molecule has 0 bridgehead atoms. The van der Waals surface area contributed by atoms with Crippen LogP contribution < -0.4 is 20.9 Å². The van der Waals surface area contributed by atoms with Gasteiger partial charge in [0.15, 0.2) is 0 Å². The first kappa shape index (κ1) is 25.4. The lowest BCUT2D eigenvalue weighted by atomic mass is 10.2. The summed E-state index contributed by atoms with van der Waals surface area (Å²) in [6, 6.07) is 16.8. The Morgan fingerprint density at radius 2 is 1.68 bits per heavy atom. The van der Waals surface area contributed by atoms with Gasteiger partial charge in [-0.05, 0) is 54.1 Å². The summed E-state index contributed by atoms with van der Waals surface area (Å²) >= 11 is 5.99. The van der Waals surface area contributed by atoms with E-state index < -0.39 is 11.5 Å². The third-order valence-corrected chi connectivity index (χ3v) is 5.45. The number of benzene rings is 2. The van der Waals surface area contributed by atoms with E-state index in [-0.39, 0.29) is 36.2 Å². The first-order valence-electron chi connectivity index (χ1n) is 11.2. The van der Waals surface area contributed by atoms with E-state index in [4.69, 9.17) is 21.4 Å². The van der Waals surface area contributed by atoms with E-state index >= 15 is 0 Å². The molecular weight excluding hydrogens is 498 g/mol. The van der Waals surface area contributed by atoms with E-state index in [9.17, 15) is 14.4 Å². The van der Waals surface area contributed by atoms with Crippen LogP contribution in [0.4, 0.5) is 17.3 Å². The van der Waals surface area contributed by atoms with Gasteiger partial charge in [-0.15, -0.1) is 0 Å². The Kier molecular flexibility index (Phi) is 7.80. The Balaban J connectivity index is 1.56. The zero-order valence-corrected chi connectivity index (χ0v) is 20.4. The molecule has 37 heavy (non-hydrogen) atoms. The molecule has 4 aromatic rings. The Morgan fingerprint density at radius 1 is 0.973 bits per heavy atom. The molecule has 0 radical (unpaired) electrons. The first-order valence-corrected chi connectivity index (χ1v) is 11.6. The number of ether oxygens (including phenoxy) is 1. The summed E-state index contributed by atoms with van der Waals surface area (Å²) in [5.41, 5.74) is 1.05. The highest BCUT2D eigenvalue weighted by atomic mass is 35.5. The van der Waals surface area contributed by atoms with Crippen LogP contribution >= 0.6 is 11.6 Å². The Labute approximate surface area is 216 Å². The van der Waals surface area contributed by atoms with Crippen LogP contribution in [0.15, 0.2) is 77.9 Å². The summed E-state index contributed by atoms with van der Waals surface area (Å²) in [7, 11) is 0. The maximum absolute atomic E-state index is 13.2. The molecule has 188 valence electrons. The number of carbonyl (C=O) groups excluding carboxylic acids is 1. The Bertz CT molecular complexity index is 1470. The number of aromatic nitrogens is 3. The van der Waals surface area contributed by atoms with Gasteiger partial charge in [0, 0.05) is 17.1 Å². The number of carboxylic acids is 1. The summed E-state index contributed by atoms with van der Waals surface area (Å²) < 4.78 is 7.13. The van der Waals surface area contributed by atoms with Gasteiger partial charge in [0.2, 0.25) is 11.9 Å². The van der Waals surface area contributed by atoms with Crippen LogP contribution in [0.3, 0.4) is 0 Å². The molecule has 0 saturated heterocycles. The van der Waals surface area contributed by atoms with Crippen molar-refractivity contribution in [1.29, 1.82) is 0 Å². The Morgan fingerprint density at radius 3 is 2.30 bits per heavy atom. The third-order valence-electron chi connectivity index (χ3n) is 5.20. The molecule has 3 N–H and O–H groups in total. The number of hydrogen-bond acceptors (Lipinski definition) is 7. The largest absolute Gasteiger partial charge is 0.477 e. The summed E-state index contributed by atoms with van der Waals surface area (Å²) in [5, 5.41) is 15.2. The van der Waals surface area contributed by atoms with Crippen molar-refractivity contribution < 1.29 is 19.4 Å². The number of rotatable bonds is 9. The molecule has 4 rings (SSSR count). The van der Waals surface area contributed by atoms with E-state index in [1.54, 1.807) is 55.5 Å². The topological polar surface area (TPSA) is 135 Å². The van der Waals surface area contributed by atoms with E-state index in [0.29, 0.717) is 22.2 Å². The number of carbonyl (C=O) groups is 2. The number of carboxylic acid groups (broad SMARTS) is 1. The smallest absolute Gasteiger partial charge is 0.354 e. The van der Waals surface area contributed by atoms with Crippen molar-refractivity contribution >= 4 is 40.8 Å². The highest BCUT2D eigenvalue weighted by molar-refractivity contribution is 6.30. The van der Waals surface area contributed by atoms with Gasteiger partial charge >= 0.3 is 5.97 Å². The van der Waals surface area contributed by atoms with Crippen molar-refractivity contribution in [3.05, 3.63) is 99.7 Å². The third kappa shape index (κ3) is 6.50. The van der Waals surface area contributed by atoms with Crippen molar-refractivity contribution in [3.63, 3.8) is 0 Å². The van der Waals surface area contributed by atoms with E-state index in [2.05, 4.69) is 20.6 Å². The van der Waals surface area contributed by atoms with Crippen molar-refractivity contribution in [1.82, 2.24) is 14.5 Å². The molecule has 0 aliphatic carbocycles. The highest BCUT2D eigenvalue weighted by Crippen LogP contribution is 2.24. The van der Waals surface area contributed by atoms with Gasteiger partial charge in [-0.1, -0.05) is 30.7 Å². The van der Waals surface area contributed by atoms with E-state index in [0.717, 1.165) is 5.56 Å².